The Kier molecular flexibility index (Phi) is 2.79. The van der Waals surface area contributed by atoms with E-state index < -0.39 is 11.8 Å². The third kappa shape index (κ3) is 1.93. The molecule has 0 atom stereocenters. The van der Waals surface area contributed by atoms with Crippen LogP contribution < -0.4 is 5.73 Å². The van der Waals surface area contributed by atoms with Crippen LogP contribution in [0.15, 0.2) is 12.3 Å². The molecule has 0 radical (unpaired) electrons. The number of nitrogen functional groups attached to an aromatic ring is 1. The Labute approximate surface area is 74.5 Å². The van der Waals surface area contributed by atoms with Gasteiger partial charge in [0.25, 0.3) is 0 Å². The van der Waals surface area contributed by atoms with Gasteiger partial charge in [-0.15, -0.1) is 0 Å². The number of anilines is 1. The summed E-state index contributed by atoms with van der Waals surface area (Å²) in [5.74, 6) is -1.86. The summed E-state index contributed by atoms with van der Waals surface area (Å²) in [6, 6.07) is 1.23. The van der Waals surface area contributed by atoms with Gasteiger partial charge >= 0.3 is 5.97 Å². The zero-order chi connectivity index (χ0) is 9.84. The summed E-state index contributed by atoms with van der Waals surface area (Å²) in [7, 11) is 0. The molecule has 0 aliphatic heterocycles. The number of hydrogen-bond acceptors (Lipinski definition) is 4. The average molecular weight is 184 g/mol. The summed E-state index contributed by atoms with van der Waals surface area (Å²) in [5.41, 5.74) is 4.97. The number of ether oxygens (including phenoxy) is 1. The van der Waals surface area contributed by atoms with E-state index in [0.29, 0.717) is 0 Å². The van der Waals surface area contributed by atoms with E-state index in [9.17, 15) is 9.18 Å². The van der Waals surface area contributed by atoms with E-state index in [1.807, 2.05) is 0 Å². The lowest BCUT2D eigenvalue weighted by Gasteiger charge is -2.03. The molecule has 5 heteroatoms. The Morgan fingerprint density at radius 3 is 3.08 bits per heavy atom. The fourth-order valence-corrected chi connectivity index (χ4v) is 0.826. The quantitative estimate of drug-likeness (QED) is 0.696. The molecule has 0 spiro atoms. The normalized spacial score (nSPS) is 9.69. The molecule has 0 aliphatic rings. The summed E-state index contributed by atoms with van der Waals surface area (Å²) in [6.45, 7) is 1.83. The maximum atomic E-state index is 13.1. The van der Waals surface area contributed by atoms with E-state index in [4.69, 9.17) is 5.73 Å². The molecule has 1 aromatic heterocycles. The number of rotatable bonds is 2. The van der Waals surface area contributed by atoms with Crippen molar-refractivity contribution in [2.24, 2.45) is 0 Å². The van der Waals surface area contributed by atoms with Crippen molar-refractivity contribution >= 4 is 11.8 Å². The lowest BCUT2D eigenvalue weighted by molar-refractivity contribution is 0.0521. The van der Waals surface area contributed by atoms with Gasteiger partial charge in [0.05, 0.1) is 6.61 Å². The molecule has 70 valence electrons. The Morgan fingerprint density at radius 1 is 1.77 bits per heavy atom. The molecule has 0 amide bonds. The molecular formula is C8H9FN2O2. The monoisotopic (exact) mass is 184 g/mol. The lowest BCUT2D eigenvalue weighted by Crippen LogP contribution is -2.09. The highest BCUT2D eigenvalue weighted by atomic mass is 19.1. The number of hydrogen-bond donors (Lipinski definition) is 1. The second-order valence-corrected chi connectivity index (χ2v) is 2.28. The Morgan fingerprint density at radius 2 is 2.46 bits per heavy atom. The molecule has 4 nitrogen and oxygen atoms in total. The van der Waals surface area contributed by atoms with E-state index in [0.717, 1.165) is 0 Å². The van der Waals surface area contributed by atoms with Gasteiger partial charge in [-0.2, -0.15) is 0 Å². The predicted molar refractivity (Wildman–Crippen MR) is 44.6 cm³/mol. The summed E-state index contributed by atoms with van der Waals surface area (Å²) >= 11 is 0. The van der Waals surface area contributed by atoms with Crippen LogP contribution in [0.3, 0.4) is 0 Å². The Hall–Kier alpha value is -1.65. The van der Waals surface area contributed by atoms with E-state index >= 15 is 0 Å². The van der Waals surface area contributed by atoms with Gasteiger partial charge in [-0.3, -0.25) is 0 Å². The number of aromatic nitrogens is 1. The molecule has 0 aromatic carbocycles. The van der Waals surface area contributed by atoms with Crippen molar-refractivity contribution in [1.29, 1.82) is 0 Å². The largest absolute Gasteiger partial charge is 0.462 e. The van der Waals surface area contributed by atoms with Gasteiger partial charge in [-0.1, -0.05) is 0 Å². The van der Waals surface area contributed by atoms with Crippen LogP contribution >= 0.6 is 0 Å². The molecule has 1 rings (SSSR count). The SMILES string of the molecule is CCOC(=O)c1ccnc(N)c1F. The zero-order valence-corrected chi connectivity index (χ0v) is 7.08. The third-order valence-electron chi connectivity index (χ3n) is 1.41. The van der Waals surface area contributed by atoms with Gasteiger partial charge in [0, 0.05) is 6.20 Å². The summed E-state index contributed by atoms with van der Waals surface area (Å²) in [6.07, 6.45) is 1.25. The van der Waals surface area contributed by atoms with Crippen molar-refractivity contribution in [3.8, 4) is 0 Å². The topological polar surface area (TPSA) is 65.2 Å². The molecule has 0 saturated heterocycles. The second kappa shape index (κ2) is 3.84. The summed E-state index contributed by atoms with van der Waals surface area (Å²) < 4.78 is 17.7. The zero-order valence-electron chi connectivity index (χ0n) is 7.08. The molecule has 13 heavy (non-hydrogen) atoms. The van der Waals surface area contributed by atoms with E-state index in [1.54, 1.807) is 6.92 Å². The van der Waals surface area contributed by atoms with Gasteiger partial charge in [0.2, 0.25) is 0 Å². The number of halogens is 1. The second-order valence-electron chi connectivity index (χ2n) is 2.28. The van der Waals surface area contributed by atoms with Crippen molar-refractivity contribution in [3.63, 3.8) is 0 Å². The lowest BCUT2D eigenvalue weighted by atomic mass is 10.2. The number of carbonyl (C=O) groups is 1. The van der Waals surface area contributed by atoms with Crippen LogP contribution in [0.5, 0.6) is 0 Å². The molecule has 1 heterocycles. The van der Waals surface area contributed by atoms with E-state index in [-0.39, 0.29) is 18.0 Å². The third-order valence-corrected chi connectivity index (χ3v) is 1.41. The van der Waals surface area contributed by atoms with Crippen LogP contribution in [0.25, 0.3) is 0 Å². The maximum Gasteiger partial charge on any atom is 0.341 e. The van der Waals surface area contributed by atoms with Crippen molar-refractivity contribution in [2.45, 2.75) is 6.92 Å². The smallest absolute Gasteiger partial charge is 0.341 e. The van der Waals surface area contributed by atoms with Gasteiger partial charge in [-0.05, 0) is 13.0 Å². The van der Waals surface area contributed by atoms with Crippen molar-refractivity contribution in [3.05, 3.63) is 23.6 Å². The minimum atomic E-state index is -0.832. The molecule has 0 saturated carbocycles. The van der Waals surface area contributed by atoms with E-state index in [1.165, 1.54) is 12.3 Å². The van der Waals surface area contributed by atoms with E-state index in [2.05, 4.69) is 9.72 Å². The fraction of sp³-hybridized carbons (Fsp3) is 0.250. The predicted octanol–water partition coefficient (Wildman–Crippen LogP) is 0.980. The van der Waals surface area contributed by atoms with Gasteiger partial charge < -0.3 is 10.5 Å². The van der Waals surface area contributed by atoms with Crippen LogP contribution in [-0.4, -0.2) is 17.6 Å². The molecule has 0 aliphatic carbocycles. The van der Waals surface area contributed by atoms with Crippen molar-refractivity contribution in [2.75, 3.05) is 12.3 Å². The first-order valence-electron chi connectivity index (χ1n) is 3.74. The molecule has 0 unspecified atom stereocenters. The standard InChI is InChI=1S/C8H9FN2O2/c1-2-13-8(12)5-3-4-11-7(10)6(5)9/h3-4H,2H2,1H3,(H2,10,11). The van der Waals surface area contributed by atoms with Crippen LogP contribution in [0.4, 0.5) is 10.2 Å². The van der Waals surface area contributed by atoms with Crippen LogP contribution in [0.2, 0.25) is 0 Å². The minimum absolute atomic E-state index is 0.186. The highest BCUT2D eigenvalue weighted by Gasteiger charge is 2.14. The molecule has 2 N–H and O–H groups in total. The highest BCUT2D eigenvalue weighted by molar-refractivity contribution is 5.90. The number of esters is 1. The van der Waals surface area contributed by atoms with Crippen LogP contribution in [0.1, 0.15) is 17.3 Å². The van der Waals surface area contributed by atoms with Crippen molar-refractivity contribution in [1.82, 2.24) is 4.98 Å². The first kappa shape index (κ1) is 9.44. The summed E-state index contributed by atoms with van der Waals surface area (Å²) in [4.78, 5) is 14.5. The minimum Gasteiger partial charge on any atom is -0.462 e. The first-order chi connectivity index (χ1) is 6.16. The van der Waals surface area contributed by atoms with Crippen LogP contribution in [0, 0.1) is 5.82 Å². The fourth-order valence-electron chi connectivity index (χ4n) is 0.826. The molecular weight excluding hydrogens is 175 g/mol. The number of pyridine rings is 1. The highest BCUT2D eigenvalue weighted by Crippen LogP contribution is 2.12. The maximum absolute atomic E-state index is 13.1. The molecule has 0 fully saturated rings. The van der Waals surface area contributed by atoms with Gasteiger partial charge in [0.15, 0.2) is 11.6 Å². The number of nitrogens with two attached hydrogens (primary N) is 1. The van der Waals surface area contributed by atoms with Gasteiger partial charge in [-0.25, -0.2) is 14.2 Å². The summed E-state index contributed by atoms with van der Waals surface area (Å²) in [5, 5.41) is 0. The Bertz CT molecular complexity index is 328. The number of carbonyl (C=O) groups excluding carboxylic acids is 1. The molecule has 1 aromatic rings. The number of nitrogens with zero attached hydrogens (tertiary/aromatic N) is 1. The average Bonchev–Trinajstić information content (AvgIpc) is 2.10. The Balaban J connectivity index is 3.01. The van der Waals surface area contributed by atoms with Crippen molar-refractivity contribution < 1.29 is 13.9 Å². The first-order valence-corrected chi connectivity index (χ1v) is 3.74. The van der Waals surface area contributed by atoms with Crippen LogP contribution in [-0.2, 0) is 4.74 Å². The van der Waals surface area contributed by atoms with Gasteiger partial charge in [0.1, 0.15) is 5.56 Å². The molecule has 0 bridgehead atoms.